The predicted octanol–water partition coefficient (Wildman–Crippen LogP) is 0.791. The highest BCUT2D eigenvalue weighted by Crippen LogP contribution is 2.15. The van der Waals surface area contributed by atoms with Crippen LogP contribution in [0.25, 0.3) is 0 Å². The number of carbonyl (C=O) groups excluding carboxylic acids is 4. The quantitative estimate of drug-likeness (QED) is 0.641. The maximum Gasteiger partial charge on any atom is 0.346 e. The molecule has 1 aromatic rings. The van der Waals surface area contributed by atoms with Crippen LogP contribution in [0.4, 0.5) is 0 Å². The smallest absolute Gasteiger partial charge is 0.346 e. The topological polar surface area (TPSA) is 124 Å². The van der Waals surface area contributed by atoms with E-state index in [1.165, 1.54) is 0 Å². The van der Waals surface area contributed by atoms with Crippen molar-refractivity contribution in [3.05, 3.63) is 34.9 Å². The van der Waals surface area contributed by atoms with E-state index in [0.717, 1.165) is 32.0 Å². The number of benzene rings is 1. The third-order valence-electron chi connectivity index (χ3n) is 2.18. The summed E-state index contributed by atoms with van der Waals surface area (Å²) in [5.74, 6) is -5.50. The van der Waals surface area contributed by atoms with E-state index in [4.69, 9.17) is 5.11 Å². The van der Waals surface area contributed by atoms with Crippen LogP contribution in [0, 0.1) is 0 Å². The minimum absolute atomic E-state index is 0.234. The minimum atomic E-state index is -1.51. The highest BCUT2D eigenvalue weighted by molar-refractivity contribution is 6.07. The monoisotopic (exact) mass is 294 g/mol. The van der Waals surface area contributed by atoms with E-state index in [0.29, 0.717) is 0 Å². The SMILES string of the molecule is CC(=O)OC(=O)c1ccc(C(=O)OC(C)=O)c(C(=O)O)c1. The van der Waals surface area contributed by atoms with Crippen molar-refractivity contribution in [1.29, 1.82) is 0 Å². The summed E-state index contributed by atoms with van der Waals surface area (Å²) in [5, 5.41) is 9.03. The highest BCUT2D eigenvalue weighted by atomic mass is 16.6. The number of carboxylic acid groups (broad SMARTS) is 1. The summed E-state index contributed by atoms with van der Waals surface area (Å²) < 4.78 is 8.58. The Morgan fingerprint density at radius 3 is 1.86 bits per heavy atom. The summed E-state index contributed by atoms with van der Waals surface area (Å²) in [6, 6.07) is 2.92. The molecular weight excluding hydrogens is 284 g/mol. The average Bonchev–Trinajstić information content (AvgIpc) is 2.36. The molecule has 0 aliphatic carbocycles. The van der Waals surface area contributed by atoms with Gasteiger partial charge in [-0.3, -0.25) is 9.59 Å². The van der Waals surface area contributed by atoms with E-state index in [1.807, 2.05) is 0 Å². The normalized spacial score (nSPS) is 9.62. The van der Waals surface area contributed by atoms with Gasteiger partial charge < -0.3 is 14.6 Å². The third kappa shape index (κ3) is 4.23. The summed E-state index contributed by atoms with van der Waals surface area (Å²) in [5.41, 5.74) is -1.20. The molecule has 0 spiro atoms. The summed E-state index contributed by atoms with van der Waals surface area (Å²) in [7, 11) is 0. The Hall–Kier alpha value is -3.03. The van der Waals surface area contributed by atoms with Crippen LogP contribution in [-0.4, -0.2) is 35.0 Å². The number of esters is 4. The van der Waals surface area contributed by atoms with E-state index in [-0.39, 0.29) is 5.56 Å². The van der Waals surface area contributed by atoms with Crippen LogP contribution in [-0.2, 0) is 19.1 Å². The van der Waals surface area contributed by atoms with Crippen LogP contribution in [0.15, 0.2) is 18.2 Å². The highest BCUT2D eigenvalue weighted by Gasteiger charge is 2.22. The standard InChI is InChI=1S/C13H10O8/c1-6(14)20-12(18)8-3-4-9(10(5-8)11(16)17)13(19)21-7(2)15/h3-5H,1-2H3,(H,16,17). The lowest BCUT2D eigenvalue weighted by atomic mass is 10.0. The Morgan fingerprint density at radius 1 is 0.857 bits per heavy atom. The number of ether oxygens (including phenoxy) is 2. The minimum Gasteiger partial charge on any atom is -0.478 e. The van der Waals surface area contributed by atoms with Crippen molar-refractivity contribution < 1.29 is 38.6 Å². The summed E-state index contributed by atoms with van der Waals surface area (Å²) in [4.78, 5) is 55.5. The Morgan fingerprint density at radius 2 is 1.38 bits per heavy atom. The van der Waals surface area contributed by atoms with Crippen LogP contribution >= 0.6 is 0 Å². The molecule has 0 unspecified atom stereocenters. The fourth-order valence-electron chi connectivity index (χ4n) is 1.40. The first-order valence-electron chi connectivity index (χ1n) is 5.55. The van der Waals surface area contributed by atoms with Gasteiger partial charge in [0.2, 0.25) is 0 Å². The lowest BCUT2D eigenvalue weighted by Crippen LogP contribution is -2.16. The molecule has 110 valence electrons. The van der Waals surface area contributed by atoms with Gasteiger partial charge in [0, 0.05) is 13.8 Å². The molecule has 8 heteroatoms. The molecule has 0 radical (unpaired) electrons. The number of hydrogen-bond donors (Lipinski definition) is 1. The van der Waals surface area contributed by atoms with Crippen molar-refractivity contribution >= 4 is 29.8 Å². The van der Waals surface area contributed by atoms with Crippen LogP contribution in [0.1, 0.15) is 44.9 Å². The fourth-order valence-corrected chi connectivity index (χ4v) is 1.40. The van der Waals surface area contributed by atoms with Gasteiger partial charge in [0.15, 0.2) is 0 Å². The van der Waals surface area contributed by atoms with Crippen LogP contribution in [0.2, 0.25) is 0 Å². The maximum atomic E-state index is 11.6. The molecule has 0 saturated heterocycles. The van der Waals surface area contributed by atoms with Crippen molar-refractivity contribution in [2.75, 3.05) is 0 Å². The Labute approximate surface area is 118 Å². The summed E-state index contributed by atoms with van der Waals surface area (Å²) in [6.07, 6.45) is 0. The first kappa shape index (κ1) is 16.0. The molecule has 1 rings (SSSR count). The molecule has 0 saturated carbocycles. The molecular formula is C13H10O8. The lowest BCUT2D eigenvalue weighted by molar-refractivity contribution is -0.136. The predicted molar refractivity (Wildman–Crippen MR) is 65.6 cm³/mol. The summed E-state index contributed by atoms with van der Waals surface area (Å²) in [6.45, 7) is 1.99. The fraction of sp³-hybridized carbons (Fsp3) is 0.154. The average molecular weight is 294 g/mol. The van der Waals surface area contributed by atoms with Gasteiger partial charge in [-0.05, 0) is 18.2 Å². The van der Waals surface area contributed by atoms with Crippen molar-refractivity contribution in [1.82, 2.24) is 0 Å². The second kappa shape index (κ2) is 6.42. The first-order valence-corrected chi connectivity index (χ1v) is 5.55. The second-order valence-corrected chi connectivity index (χ2v) is 3.83. The van der Waals surface area contributed by atoms with Gasteiger partial charge in [-0.1, -0.05) is 0 Å². The molecule has 8 nitrogen and oxygen atoms in total. The van der Waals surface area contributed by atoms with Crippen molar-refractivity contribution in [3.8, 4) is 0 Å². The van der Waals surface area contributed by atoms with Gasteiger partial charge in [-0.25, -0.2) is 14.4 Å². The van der Waals surface area contributed by atoms with Gasteiger partial charge in [0.25, 0.3) is 0 Å². The molecule has 1 aromatic carbocycles. The zero-order chi connectivity index (χ0) is 16.2. The molecule has 0 bridgehead atoms. The van der Waals surface area contributed by atoms with Gasteiger partial charge in [-0.2, -0.15) is 0 Å². The number of aromatic carboxylic acids is 1. The molecule has 0 heterocycles. The van der Waals surface area contributed by atoms with Crippen LogP contribution < -0.4 is 0 Å². The second-order valence-electron chi connectivity index (χ2n) is 3.83. The van der Waals surface area contributed by atoms with Crippen molar-refractivity contribution in [3.63, 3.8) is 0 Å². The Balaban J connectivity index is 3.22. The van der Waals surface area contributed by atoms with Crippen molar-refractivity contribution in [2.45, 2.75) is 13.8 Å². The van der Waals surface area contributed by atoms with Gasteiger partial charge in [-0.15, -0.1) is 0 Å². The number of carbonyl (C=O) groups is 5. The van der Waals surface area contributed by atoms with Crippen LogP contribution in [0.5, 0.6) is 0 Å². The van der Waals surface area contributed by atoms with Gasteiger partial charge in [0.1, 0.15) is 0 Å². The van der Waals surface area contributed by atoms with Gasteiger partial charge >= 0.3 is 29.8 Å². The Bertz CT molecular complexity index is 644. The zero-order valence-corrected chi connectivity index (χ0v) is 11.0. The van der Waals surface area contributed by atoms with E-state index in [1.54, 1.807) is 0 Å². The van der Waals surface area contributed by atoms with E-state index >= 15 is 0 Å². The van der Waals surface area contributed by atoms with E-state index in [9.17, 15) is 24.0 Å². The van der Waals surface area contributed by atoms with Gasteiger partial charge in [0.05, 0.1) is 16.7 Å². The summed E-state index contributed by atoms with van der Waals surface area (Å²) >= 11 is 0. The number of carboxylic acids is 1. The molecule has 0 aliphatic rings. The lowest BCUT2D eigenvalue weighted by Gasteiger charge is -2.06. The maximum absolute atomic E-state index is 11.6. The zero-order valence-electron chi connectivity index (χ0n) is 11.0. The molecule has 0 aliphatic heterocycles. The molecule has 0 aromatic heterocycles. The third-order valence-corrected chi connectivity index (χ3v) is 2.18. The number of hydrogen-bond acceptors (Lipinski definition) is 7. The van der Waals surface area contributed by atoms with Crippen molar-refractivity contribution in [2.24, 2.45) is 0 Å². The molecule has 0 amide bonds. The molecule has 0 fully saturated rings. The largest absolute Gasteiger partial charge is 0.478 e. The number of rotatable bonds is 3. The molecule has 0 atom stereocenters. The van der Waals surface area contributed by atoms with Crippen LogP contribution in [0.3, 0.4) is 0 Å². The van der Waals surface area contributed by atoms with E-state index in [2.05, 4.69) is 9.47 Å². The van der Waals surface area contributed by atoms with E-state index < -0.39 is 41.0 Å². The first-order chi connectivity index (χ1) is 9.72. The Kier molecular flexibility index (Phi) is 4.90. The molecule has 1 N–H and O–H groups in total. The molecule has 21 heavy (non-hydrogen) atoms.